The molecule has 4 aliphatic rings. The fraction of sp³-hybridized carbons (Fsp3) is 0.200. The van der Waals surface area contributed by atoms with E-state index in [0.29, 0.717) is 0 Å². The second kappa shape index (κ2) is 18.1. The topological polar surface area (TPSA) is 163 Å². The second-order valence-corrected chi connectivity index (χ2v) is 22.4. The Morgan fingerprint density at radius 3 is 1.81 bits per heavy atom. The molecule has 2 aliphatic heterocycles. The van der Waals surface area contributed by atoms with Gasteiger partial charge in [0, 0.05) is 45.7 Å². The van der Waals surface area contributed by atoms with Gasteiger partial charge in [0.15, 0.2) is 11.6 Å². The standard InChI is InChI=1S/C31H24N6S.C29H28BrN5O2/c32-31(14-4-15-31)21-11-8-19(9-12-21)28-27(20-10-13-26-24(17-20)34-18-38-26)36-30-22-5-1-2-6-23(22)35-29-25(37(28)30)7-3-16-33-29;1-28(2,3)37-27(36)34-29(15-7-16-29)19-13-11-18(12-14-19)23-24(30)33-26-20-8-4-5-9-21(20)32-25-22(35(23)26)10-6-17-31-25/h1-3,5-13,16-18H,4,14-15,32H2,(H,33,35);4-6,8-14,17H,7,15-16H2,1-3H3,(H,31,32)(H,34,36). The van der Waals surface area contributed by atoms with Crippen LogP contribution in [-0.4, -0.2) is 45.7 Å². The van der Waals surface area contributed by atoms with Crippen LogP contribution in [-0.2, 0) is 15.8 Å². The van der Waals surface area contributed by atoms with Crippen molar-refractivity contribution in [3.05, 3.63) is 173 Å². The molecule has 0 atom stereocenters. The van der Waals surface area contributed by atoms with Crippen LogP contribution in [0.4, 0.5) is 27.8 Å². The third kappa shape index (κ3) is 8.26. The van der Waals surface area contributed by atoms with Crippen molar-refractivity contribution < 1.29 is 9.53 Å². The number of ether oxygens (including phenoxy) is 1. The summed E-state index contributed by atoms with van der Waals surface area (Å²) in [5.74, 6) is 3.28. The molecule has 0 unspecified atom stereocenters. The summed E-state index contributed by atoms with van der Waals surface area (Å²) < 4.78 is 11.9. The Bertz CT molecular complexity index is 3850. The van der Waals surface area contributed by atoms with Gasteiger partial charge in [0.1, 0.15) is 21.9 Å². The van der Waals surface area contributed by atoms with Crippen LogP contribution in [0.2, 0.25) is 0 Å². The van der Waals surface area contributed by atoms with Crippen LogP contribution in [0.3, 0.4) is 0 Å². The number of nitrogens with zero attached hydrogens (tertiary/aromatic N) is 7. The van der Waals surface area contributed by atoms with Crippen LogP contribution in [0, 0.1) is 0 Å². The van der Waals surface area contributed by atoms with Gasteiger partial charge in [-0.1, -0.05) is 78.9 Å². The van der Waals surface area contributed by atoms with E-state index >= 15 is 0 Å². The van der Waals surface area contributed by atoms with Crippen molar-refractivity contribution in [1.29, 1.82) is 0 Å². The number of aromatic nitrogens is 7. The molecule has 0 bridgehead atoms. The number of benzene rings is 5. The van der Waals surface area contributed by atoms with Crippen LogP contribution >= 0.6 is 27.3 Å². The molecular weight excluding hydrogens is 1020 g/mol. The number of anilines is 4. The van der Waals surface area contributed by atoms with Gasteiger partial charge in [0.25, 0.3) is 0 Å². The molecule has 10 aromatic rings. The van der Waals surface area contributed by atoms with Crippen LogP contribution in [0.5, 0.6) is 0 Å². The summed E-state index contributed by atoms with van der Waals surface area (Å²) in [4.78, 5) is 36.8. The number of rotatable bonds is 6. The van der Waals surface area contributed by atoms with Crippen molar-refractivity contribution in [1.82, 2.24) is 39.4 Å². The fourth-order valence-electron chi connectivity index (χ4n) is 10.8. The van der Waals surface area contributed by atoms with Crippen molar-refractivity contribution in [2.45, 2.75) is 76.0 Å². The van der Waals surface area contributed by atoms with E-state index < -0.39 is 11.1 Å². The van der Waals surface area contributed by atoms with E-state index in [2.05, 4.69) is 148 Å². The molecule has 2 fully saturated rings. The number of pyridine rings is 2. The van der Waals surface area contributed by atoms with Gasteiger partial charge in [-0.05, 0) is 147 Å². The molecule has 75 heavy (non-hydrogen) atoms. The maximum absolute atomic E-state index is 12.6. The zero-order chi connectivity index (χ0) is 51.1. The van der Waals surface area contributed by atoms with Gasteiger partial charge in [-0.15, -0.1) is 11.3 Å². The van der Waals surface area contributed by atoms with E-state index in [4.69, 9.17) is 25.4 Å². The summed E-state index contributed by atoms with van der Waals surface area (Å²) in [6.45, 7) is 5.63. The molecule has 1 amide bonds. The Morgan fingerprint density at radius 2 is 1.23 bits per heavy atom. The molecular formula is C60H52BrN11O2S. The molecule has 5 N–H and O–H groups in total. The zero-order valence-electron chi connectivity index (χ0n) is 41.6. The molecule has 0 spiro atoms. The van der Waals surface area contributed by atoms with Gasteiger partial charge in [-0.3, -0.25) is 9.13 Å². The third-order valence-corrected chi connectivity index (χ3v) is 16.2. The lowest BCUT2D eigenvalue weighted by atomic mass is 9.72. The van der Waals surface area contributed by atoms with E-state index in [1.807, 2.05) is 74.9 Å². The van der Waals surface area contributed by atoms with Crippen molar-refractivity contribution in [2.75, 3.05) is 10.6 Å². The van der Waals surface area contributed by atoms with E-state index in [0.717, 1.165) is 139 Å². The zero-order valence-corrected chi connectivity index (χ0v) is 44.0. The summed E-state index contributed by atoms with van der Waals surface area (Å²) >= 11 is 5.39. The molecule has 2 saturated carbocycles. The lowest BCUT2D eigenvalue weighted by molar-refractivity contribution is 0.0377. The largest absolute Gasteiger partial charge is 0.444 e. The number of imidazole rings is 2. The molecule has 7 heterocycles. The smallest absolute Gasteiger partial charge is 0.408 e. The van der Waals surface area contributed by atoms with Gasteiger partial charge in [-0.25, -0.2) is 29.7 Å². The highest BCUT2D eigenvalue weighted by atomic mass is 79.9. The Morgan fingerprint density at radius 1 is 0.667 bits per heavy atom. The van der Waals surface area contributed by atoms with Gasteiger partial charge < -0.3 is 26.4 Å². The highest BCUT2D eigenvalue weighted by molar-refractivity contribution is 9.10. The summed E-state index contributed by atoms with van der Waals surface area (Å²) in [6.07, 6.45) is 9.33. The molecule has 0 saturated heterocycles. The fourth-order valence-corrected chi connectivity index (χ4v) is 12.0. The van der Waals surface area contributed by atoms with Crippen LogP contribution in [0.15, 0.2) is 162 Å². The number of hydrogen-bond donors (Lipinski definition) is 4. The number of halogens is 1. The lowest BCUT2D eigenvalue weighted by Gasteiger charge is -2.43. The van der Waals surface area contributed by atoms with Crippen molar-refractivity contribution in [3.63, 3.8) is 0 Å². The highest BCUT2D eigenvalue weighted by Gasteiger charge is 2.41. The minimum absolute atomic E-state index is 0.204. The lowest BCUT2D eigenvalue weighted by Crippen LogP contribution is -2.52. The minimum atomic E-state index is -0.538. The van der Waals surface area contributed by atoms with E-state index in [1.54, 1.807) is 17.5 Å². The maximum Gasteiger partial charge on any atom is 0.408 e. The first-order valence-corrected chi connectivity index (χ1v) is 27.0. The summed E-state index contributed by atoms with van der Waals surface area (Å²) in [5, 5.41) is 10.2. The molecule has 5 aromatic heterocycles. The first-order chi connectivity index (χ1) is 36.4. The predicted molar refractivity (Wildman–Crippen MR) is 302 cm³/mol. The predicted octanol–water partition coefficient (Wildman–Crippen LogP) is 14.6. The molecule has 15 heteroatoms. The summed E-state index contributed by atoms with van der Waals surface area (Å²) in [6, 6.07) is 48.0. The summed E-state index contributed by atoms with van der Waals surface area (Å²) in [7, 11) is 0. The third-order valence-electron chi connectivity index (χ3n) is 14.9. The van der Waals surface area contributed by atoms with Gasteiger partial charge in [0.05, 0.1) is 61.1 Å². The Balaban J connectivity index is 0.000000144. The van der Waals surface area contributed by atoms with Gasteiger partial charge in [-0.2, -0.15) is 0 Å². The number of alkyl carbamates (subject to hydrolysis) is 1. The van der Waals surface area contributed by atoms with E-state index in [-0.39, 0.29) is 11.6 Å². The van der Waals surface area contributed by atoms with Crippen molar-refractivity contribution in [3.8, 4) is 67.9 Å². The van der Waals surface area contributed by atoms with Crippen molar-refractivity contribution in [2.24, 2.45) is 5.73 Å². The number of hydrogen-bond acceptors (Lipinski definition) is 11. The number of carbonyl (C=O) groups is 1. The summed E-state index contributed by atoms with van der Waals surface area (Å²) in [5.41, 5.74) is 22.5. The normalized spacial score (nSPS) is 15.2. The second-order valence-electron chi connectivity index (χ2n) is 20.7. The Kier molecular flexibility index (Phi) is 11.3. The molecule has 0 radical (unpaired) electrons. The van der Waals surface area contributed by atoms with E-state index in [9.17, 15) is 4.79 Å². The molecule has 2 aliphatic carbocycles. The van der Waals surface area contributed by atoms with Crippen LogP contribution in [0.25, 0.3) is 78.1 Å². The van der Waals surface area contributed by atoms with E-state index in [1.165, 1.54) is 16.7 Å². The average Bonchev–Trinajstić information content (AvgIpc) is 4.10. The number of fused-ring (bicyclic) bond motifs is 11. The average molecular weight is 1070 g/mol. The maximum atomic E-state index is 12.6. The number of nitrogens with one attached hydrogen (secondary N) is 3. The number of thiazole rings is 1. The molecule has 14 rings (SSSR count). The first kappa shape index (κ1) is 46.8. The van der Waals surface area contributed by atoms with Crippen LogP contribution in [0.1, 0.15) is 70.4 Å². The quantitative estimate of drug-likeness (QED) is 0.126. The molecule has 13 nitrogen and oxygen atoms in total. The number of amides is 1. The minimum Gasteiger partial charge on any atom is -0.444 e. The number of carbonyl (C=O) groups excluding carboxylic acids is 1. The van der Waals surface area contributed by atoms with Crippen LogP contribution < -0.4 is 21.7 Å². The molecule has 372 valence electrons. The highest BCUT2D eigenvalue weighted by Crippen LogP contribution is 2.48. The Hall–Kier alpha value is -7.98. The van der Waals surface area contributed by atoms with Gasteiger partial charge >= 0.3 is 6.09 Å². The van der Waals surface area contributed by atoms with Crippen molar-refractivity contribution >= 4 is 66.6 Å². The first-order valence-electron chi connectivity index (χ1n) is 25.3. The van der Waals surface area contributed by atoms with Gasteiger partial charge in [0.2, 0.25) is 0 Å². The SMILES string of the molecule is CC(C)(C)OC(=O)NC1(c2ccc(-c3c(Br)nc4n3-c3cccnc3Nc3ccccc3-4)cc2)CCC1.NC1(c2ccc(-c3c(-c4ccc5scnc5c4)nc4n3-c3cccnc3Nc3ccccc3-4)cc2)CCC1. The Labute approximate surface area is 446 Å². The number of para-hydroxylation sites is 2. The monoisotopic (exact) mass is 1070 g/mol. The molecule has 5 aromatic carbocycles. The number of nitrogens with two attached hydrogens (primary N) is 1.